The van der Waals surface area contributed by atoms with E-state index in [2.05, 4.69) is 10.9 Å². The zero-order chi connectivity index (χ0) is 15.9. The Morgan fingerprint density at radius 3 is 2.73 bits per heavy atom. The SMILES string of the molecule is C[C@@H](OC[C@H]1CCCO1)C(=O)NNC(=O)c1ccc(F)cc1. The first-order chi connectivity index (χ1) is 10.6. The Bertz CT molecular complexity index is 515. The maximum Gasteiger partial charge on any atom is 0.269 e. The summed E-state index contributed by atoms with van der Waals surface area (Å²) in [6.07, 6.45) is 1.25. The fourth-order valence-electron chi connectivity index (χ4n) is 2.00. The highest BCUT2D eigenvalue weighted by Crippen LogP contribution is 2.12. The van der Waals surface area contributed by atoms with Crippen LogP contribution in [0.4, 0.5) is 4.39 Å². The van der Waals surface area contributed by atoms with Crippen molar-refractivity contribution < 1.29 is 23.5 Å². The van der Waals surface area contributed by atoms with Crippen LogP contribution in [0.15, 0.2) is 24.3 Å². The van der Waals surface area contributed by atoms with Gasteiger partial charge in [0.2, 0.25) is 0 Å². The van der Waals surface area contributed by atoms with Crippen molar-refractivity contribution in [3.8, 4) is 0 Å². The first-order valence-corrected chi connectivity index (χ1v) is 7.15. The third-order valence-corrected chi connectivity index (χ3v) is 3.33. The van der Waals surface area contributed by atoms with Crippen LogP contribution in [0.2, 0.25) is 0 Å². The summed E-state index contributed by atoms with van der Waals surface area (Å²) < 4.78 is 23.5. The molecule has 1 saturated heterocycles. The minimum Gasteiger partial charge on any atom is -0.376 e. The molecule has 120 valence electrons. The van der Waals surface area contributed by atoms with Gasteiger partial charge in [0.1, 0.15) is 11.9 Å². The van der Waals surface area contributed by atoms with Crippen molar-refractivity contribution in [2.45, 2.75) is 32.0 Å². The van der Waals surface area contributed by atoms with Crippen LogP contribution in [0.3, 0.4) is 0 Å². The smallest absolute Gasteiger partial charge is 0.269 e. The van der Waals surface area contributed by atoms with Gasteiger partial charge in [-0.2, -0.15) is 0 Å². The van der Waals surface area contributed by atoms with Crippen LogP contribution in [0.1, 0.15) is 30.1 Å². The summed E-state index contributed by atoms with van der Waals surface area (Å²) in [5.74, 6) is -1.43. The Kier molecular flexibility index (Phi) is 5.85. The summed E-state index contributed by atoms with van der Waals surface area (Å²) in [7, 11) is 0. The van der Waals surface area contributed by atoms with E-state index in [1.54, 1.807) is 6.92 Å². The minimum atomic E-state index is -0.710. The molecule has 2 atom stereocenters. The number of carbonyl (C=O) groups excluding carboxylic acids is 2. The number of amides is 2. The molecule has 0 saturated carbocycles. The number of ether oxygens (including phenoxy) is 2. The quantitative estimate of drug-likeness (QED) is 0.801. The molecule has 2 rings (SSSR count). The predicted molar refractivity (Wildman–Crippen MR) is 76.4 cm³/mol. The van der Waals surface area contributed by atoms with E-state index in [0.29, 0.717) is 6.61 Å². The summed E-state index contributed by atoms with van der Waals surface area (Å²) in [6.45, 7) is 2.66. The second-order valence-electron chi connectivity index (χ2n) is 5.06. The van der Waals surface area contributed by atoms with E-state index in [9.17, 15) is 14.0 Å². The lowest BCUT2D eigenvalue weighted by Crippen LogP contribution is -2.46. The van der Waals surface area contributed by atoms with Gasteiger partial charge in [0, 0.05) is 12.2 Å². The Balaban J connectivity index is 1.71. The highest BCUT2D eigenvalue weighted by atomic mass is 19.1. The van der Waals surface area contributed by atoms with Gasteiger partial charge < -0.3 is 9.47 Å². The van der Waals surface area contributed by atoms with E-state index in [0.717, 1.165) is 19.4 Å². The molecule has 1 heterocycles. The average Bonchev–Trinajstić information content (AvgIpc) is 3.04. The lowest BCUT2D eigenvalue weighted by atomic mass is 10.2. The highest BCUT2D eigenvalue weighted by Gasteiger charge is 2.20. The maximum absolute atomic E-state index is 12.8. The zero-order valence-corrected chi connectivity index (χ0v) is 12.3. The third kappa shape index (κ3) is 4.78. The molecule has 1 aromatic rings. The maximum atomic E-state index is 12.8. The van der Waals surface area contributed by atoms with Crippen LogP contribution in [0.5, 0.6) is 0 Å². The summed E-state index contributed by atoms with van der Waals surface area (Å²) >= 11 is 0. The number of hydrazine groups is 1. The van der Waals surface area contributed by atoms with E-state index in [1.165, 1.54) is 24.3 Å². The number of rotatable bonds is 5. The second-order valence-corrected chi connectivity index (χ2v) is 5.06. The molecule has 6 nitrogen and oxygen atoms in total. The zero-order valence-electron chi connectivity index (χ0n) is 12.3. The van der Waals surface area contributed by atoms with Gasteiger partial charge in [-0.1, -0.05) is 0 Å². The topological polar surface area (TPSA) is 76.7 Å². The molecule has 0 spiro atoms. The van der Waals surface area contributed by atoms with Crippen LogP contribution >= 0.6 is 0 Å². The van der Waals surface area contributed by atoms with Crippen LogP contribution in [-0.2, 0) is 14.3 Å². The Labute approximate surface area is 127 Å². The van der Waals surface area contributed by atoms with Gasteiger partial charge in [-0.3, -0.25) is 20.4 Å². The summed E-state index contributed by atoms with van der Waals surface area (Å²) in [4.78, 5) is 23.5. The molecule has 2 N–H and O–H groups in total. The molecule has 22 heavy (non-hydrogen) atoms. The number of halogens is 1. The number of hydrogen-bond donors (Lipinski definition) is 2. The third-order valence-electron chi connectivity index (χ3n) is 3.33. The Morgan fingerprint density at radius 1 is 1.36 bits per heavy atom. The van der Waals surface area contributed by atoms with E-state index in [4.69, 9.17) is 9.47 Å². The van der Waals surface area contributed by atoms with Crippen LogP contribution in [-0.4, -0.2) is 37.2 Å². The van der Waals surface area contributed by atoms with Crippen molar-refractivity contribution in [2.75, 3.05) is 13.2 Å². The number of hydrogen-bond acceptors (Lipinski definition) is 4. The molecule has 0 unspecified atom stereocenters. The molecule has 0 aromatic heterocycles. The van der Waals surface area contributed by atoms with E-state index >= 15 is 0 Å². The normalized spacial score (nSPS) is 18.7. The molecular formula is C15H19FN2O4. The largest absolute Gasteiger partial charge is 0.376 e. The fraction of sp³-hybridized carbons (Fsp3) is 0.467. The lowest BCUT2D eigenvalue weighted by molar-refractivity contribution is -0.134. The van der Waals surface area contributed by atoms with Crippen molar-refractivity contribution in [3.63, 3.8) is 0 Å². The van der Waals surface area contributed by atoms with Gasteiger partial charge in [-0.05, 0) is 44.0 Å². The summed E-state index contributed by atoms with van der Waals surface area (Å²) in [5.41, 5.74) is 4.77. The van der Waals surface area contributed by atoms with Gasteiger partial charge >= 0.3 is 0 Å². The molecule has 0 aliphatic carbocycles. The Hall–Kier alpha value is -1.99. The van der Waals surface area contributed by atoms with E-state index < -0.39 is 23.7 Å². The van der Waals surface area contributed by atoms with E-state index in [1.807, 2.05) is 0 Å². The van der Waals surface area contributed by atoms with E-state index in [-0.39, 0.29) is 11.7 Å². The van der Waals surface area contributed by atoms with Gasteiger partial charge in [-0.25, -0.2) is 4.39 Å². The standard InChI is InChI=1S/C15H19FN2O4/c1-10(22-9-13-3-2-8-21-13)14(19)17-18-15(20)11-4-6-12(16)7-5-11/h4-7,10,13H,2-3,8-9H2,1H3,(H,17,19)(H,18,20)/t10-,13-/m1/s1. The van der Waals surface area contributed by atoms with Gasteiger partial charge in [0.15, 0.2) is 0 Å². The van der Waals surface area contributed by atoms with Crippen molar-refractivity contribution in [3.05, 3.63) is 35.6 Å². The second kappa shape index (κ2) is 7.86. The lowest BCUT2D eigenvalue weighted by Gasteiger charge is -2.16. The molecule has 1 fully saturated rings. The molecule has 1 aromatic carbocycles. The number of benzene rings is 1. The monoisotopic (exact) mass is 310 g/mol. The molecule has 7 heteroatoms. The van der Waals surface area contributed by atoms with Crippen LogP contribution in [0, 0.1) is 5.82 Å². The van der Waals surface area contributed by atoms with Crippen molar-refractivity contribution in [2.24, 2.45) is 0 Å². The van der Waals surface area contributed by atoms with Gasteiger partial charge in [0.05, 0.1) is 12.7 Å². The highest BCUT2D eigenvalue weighted by molar-refractivity contribution is 5.95. The molecule has 2 amide bonds. The van der Waals surface area contributed by atoms with Crippen LogP contribution in [0.25, 0.3) is 0 Å². The minimum absolute atomic E-state index is 0.0315. The predicted octanol–water partition coefficient (Wildman–Crippen LogP) is 1.17. The number of nitrogens with one attached hydrogen (secondary N) is 2. The molecule has 1 aliphatic heterocycles. The van der Waals surface area contributed by atoms with Crippen molar-refractivity contribution in [1.29, 1.82) is 0 Å². The Morgan fingerprint density at radius 2 is 2.09 bits per heavy atom. The number of carbonyl (C=O) groups is 2. The first kappa shape index (κ1) is 16.4. The summed E-state index contributed by atoms with van der Waals surface area (Å²) in [6, 6.07) is 5.00. The van der Waals surface area contributed by atoms with Crippen molar-refractivity contribution >= 4 is 11.8 Å². The fourth-order valence-corrected chi connectivity index (χ4v) is 2.00. The average molecular weight is 310 g/mol. The van der Waals surface area contributed by atoms with Gasteiger partial charge in [-0.15, -0.1) is 0 Å². The van der Waals surface area contributed by atoms with Gasteiger partial charge in [0.25, 0.3) is 11.8 Å². The van der Waals surface area contributed by atoms with Crippen molar-refractivity contribution in [1.82, 2.24) is 10.9 Å². The summed E-state index contributed by atoms with van der Waals surface area (Å²) in [5, 5.41) is 0. The van der Waals surface area contributed by atoms with Crippen LogP contribution < -0.4 is 10.9 Å². The molecular weight excluding hydrogens is 291 g/mol. The molecule has 1 aliphatic rings. The first-order valence-electron chi connectivity index (χ1n) is 7.15. The molecule has 0 bridgehead atoms. The molecule has 0 radical (unpaired) electrons.